The summed E-state index contributed by atoms with van der Waals surface area (Å²) in [7, 11) is 0. The fourth-order valence-electron chi connectivity index (χ4n) is 3.90. The van der Waals surface area contributed by atoms with Crippen LogP contribution in [0.1, 0.15) is 0 Å². The highest BCUT2D eigenvalue weighted by atomic mass is 16.7. The first-order valence-electron chi connectivity index (χ1n) is 10.5. The first-order chi connectivity index (χ1) is 15.6. The van der Waals surface area contributed by atoms with E-state index in [2.05, 4.69) is 0 Å². The minimum Gasteiger partial charge on any atom is -0.394 e. The second kappa shape index (κ2) is 11.4. The molecule has 0 aliphatic carbocycles. The van der Waals surface area contributed by atoms with E-state index in [1.165, 1.54) is 0 Å². The predicted molar refractivity (Wildman–Crippen MR) is 100 cm³/mol. The highest BCUT2D eigenvalue weighted by Gasteiger charge is 2.49. The Balaban J connectivity index is 1.61. The van der Waals surface area contributed by atoms with E-state index >= 15 is 0 Å². The van der Waals surface area contributed by atoms with Crippen molar-refractivity contribution in [1.82, 2.24) is 0 Å². The molecule has 0 aromatic heterocycles. The Kier molecular flexibility index (Phi) is 9.35. The summed E-state index contributed by atoms with van der Waals surface area (Å²) in [6.45, 7) is -2.14. The summed E-state index contributed by atoms with van der Waals surface area (Å²) in [5.74, 6) is 0. The fourth-order valence-corrected chi connectivity index (χ4v) is 3.90. The zero-order valence-electron chi connectivity index (χ0n) is 17.4. The van der Waals surface area contributed by atoms with Crippen molar-refractivity contribution in [3.8, 4) is 0 Å². The van der Waals surface area contributed by atoms with Gasteiger partial charge in [-0.3, -0.25) is 0 Å². The third-order valence-electron chi connectivity index (χ3n) is 5.99. The van der Waals surface area contributed by atoms with E-state index in [1.54, 1.807) is 0 Å². The first-order valence-corrected chi connectivity index (χ1v) is 10.5. The van der Waals surface area contributed by atoms with Gasteiger partial charge in [0.1, 0.15) is 73.2 Å². The zero-order valence-corrected chi connectivity index (χ0v) is 17.4. The largest absolute Gasteiger partial charge is 0.394 e. The molecule has 15 heteroatoms. The lowest BCUT2D eigenvalue weighted by atomic mass is 9.97. The van der Waals surface area contributed by atoms with Crippen LogP contribution in [0.25, 0.3) is 0 Å². The summed E-state index contributed by atoms with van der Waals surface area (Å²) in [4.78, 5) is 0. The number of hydrogen-bond donors (Lipinski definition) is 10. The molecule has 0 amide bonds. The molecule has 10 N–H and O–H groups in total. The summed E-state index contributed by atoms with van der Waals surface area (Å²) in [6.07, 6.45) is -21.1. The molecule has 3 rings (SSSR count). The van der Waals surface area contributed by atoms with Gasteiger partial charge in [0.2, 0.25) is 0 Å². The van der Waals surface area contributed by atoms with Gasteiger partial charge in [-0.15, -0.1) is 0 Å². The molecule has 3 aliphatic rings. The maximum atomic E-state index is 10.6. The van der Waals surface area contributed by atoms with E-state index in [0.717, 1.165) is 0 Å². The molecule has 0 radical (unpaired) electrons. The van der Waals surface area contributed by atoms with Crippen LogP contribution in [0.4, 0.5) is 0 Å². The summed E-state index contributed by atoms with van der Waals surface area (Å²) in [5.41, 5.74) is 0. The van der Waals surface area contributed by atoms with Crippen molar-refractivity contribution < 1.29 is 74.7 Å². The van der Waals surface area contributed by atoms with Crippen molar-refractivity contribution >= 4 is 0 Å². The molecule has 0 unspecified atom stereocenters. The average Bonchev–Trinajstić information content (AvgIpc) is 2.80. The Hall–Kier alpha value is -0.600. The standard InChI is InChI=1S/C18H32O15/c19-1-6-9(22)12(25)14(27)17(31-6)30-4-8-11(24)16(5(21)3-29-8)33-18-15(28)13(26)10(23)7(2-20)32-18/h5-28H,1-4H2/t5-,6-,7-,8-,9-,10-,11-,12+,13+,14+,15+,16-,17+,18-/m1/s1. The van der Waals surface area contributed by atoms with Crippen molar-refractivity contribution in [1.29, 1.82) is 0 Å². The van der Waals surface area contributed by atoms with E-state index in [0.29, 0.717) is 0 Å². The van der Waals surface area contributed by atoms with Crippen molar-refractivity contribution in [2.45, 2.75) is 85.8 Å². The van der Waals surface area contributed by atoms with Crippen LogP contribution in [0.15, 0.2) is 0 Å². The molecule has 3 heterocycles. The van der Waals surface area contributed by atoms with Crippen LogP contribution in [0.3, 0.4) is 0 Å². The van der Waals surface area contributed by atoms with Gasteiger partial charge in [-0.25, -0.2) is 0 Å². The number of ether oxygens (including phenoxy) is 5. The summed E-state index contributed by atoms with van der Waals surface area (Å²) < 4.78 is 26.6. The van der Waals surface area contributed by atoms with Crippen molar-refractivity contribution in [3.05, 3.63) is 0 Å². The van der Waals surface area contributed by atoms with E-state index in [4.69, 9.17) is 23.7 Å². The molecule has 0 spiro atoms. The molecule has 3 fully saturated rings. The number of rotatable bonds is 7. The SMILES string of the molecule is OC[C@H]1O[C@H](OC[C@H]2OC[C@@H](O)[C@@H](O[C@H]3O[C@H](CO)[C@@H](O)[C@H](O)[C@@H]3O)[C@@H]2O)[C@@H](O)[C@@H](O)[C@@H]1O. The van der Waals surface area contributed by atoms with Crippen LogP contribution >= 0.6 is 0 Å². The van der Waals surface area contributed by atoms with Gasteiger partial charge < -0.3 is 74.7 Å². The highest BCUT2D eigenvalue weighted by molar-refractivity contribution is 4.93. The minimum absolute atomic E-state index is 0.345. The Morgan fingerprint density at radius 1 is 0.606 bits per heavy atom. The molecule has 15 nitrogen and oxygen atoms in total. The van der Waals surface area contributed by atoms with Gasteiger partial charge in [-0.2, -0.15) is 0 Å². The van der Waals surface area contributed by atoms with Gasteiger partial charge in [0, 0.05) is 0 Å². The third-order valence-corrected chi connectivity index (χ3v) is 5.99. The molecule has 0 bridgehead atoms. The minimum atomic E-state index is -1.76. The summed E-state index contributed by atoms with van der Waals surface area (Å²) in [5, 5.41) is 98.8. The summed E-state index contributed by atoms with van der Waals surface area (Å²) >= 11 is 0. The number of hydrogen-bond acceptors (Lipinski definition) is 15. The maximum Gasteiger partial charge on any atom is 0.187 e. The van der Waals surface area contributed by atoms with Gasteiger partial charge in [0.15, 0.2) is 12.6 Å². The van der Waals surface area contributed by atoms with E-state index in [-0.39, 0.29) is 6.61 Å². The lowest BCUT2D eigenvalue weighted by molar-refractivity contribution is -0.340. The molecule has 3 saturated heterocycles. The van der Waals surface area contributed by atoms with E-state index in [1.807, 2.05) is 0 Å². The van der Waals surface area contributed by atoms with Gasteiger partial charge in [0.25, 0.3) is 0 Å². The Morgan fingerprint density at radius 2 is 1.12 bits per heavy atom. The predicted octanol–water partition coefficient (Wildman–Crippen LogP) is -6.89. The smallest absolute Gasteiger partial charge is 0.187 e. The molecule has 194 valence electrons. The Bertz CT molecular complexity index is 607. The van der Waals surface area contributed by atoms with E-state index < -0.39 is 106 Å². The van der Waals surface area contributed by atoms with Crippen molar-refractivity contribution in [2.75, 3.05) is 26.4 Å². The average molecular weight is 488 g/mol. The maximum absolute atomic E-state index is 10.6. The molecule has 0 saturated carbocycles. The number of aliphatic hydroxyl groups is 10. The molecular weight excluding hydrogens is 456 g/mol. The van der Waals surface area contributed by atoms with Crippen LogP contribution in [0, 0.1) is 0 Å². The van der Waals surface area contributed by atoms with Gasteiger partial charge in [-0.1, -0.05) is 0 Å². The van der Waals surface area contributed by atoms with Crippen LogP contribution < -0.4 is 0 Å². The molecule has 33 heavy (non-hydrogen) atoms. The van der Waals surface area contributed by atoms with Crippen LogP contribution in [-0.2, 0) is 23.7 Å². The molecule has 14 atom stereocenters. The Morgan fingerprint density at radius 3 is 1.67 bits per heavy atom. The first kappa shape index (κ1) is 27.0. The molecular formula is C18H32O15. The Labute approximate surface area is 187 Å². The number of aliphatic hydroxyl groups excluding tert-OH is 10. The normalized spacial score (nSPS) is 51.5. The van der Waals surface area contributed by atoms with Crippen LogP contribution in [0.2, 0.25) is 0 Å². The molecule has 0 aromatic rings. The third kappa shape index (κ3) is 5.64. The second-order valence-corrected chi connectivity index (χ2v) is 8.26. The molecule has 3 aliphatic heterocycles. The van der Waals surface area contributed by atoms with Gasteiger partial charge in [-0.05, 0) is 0 Å². The highest BCUT2D eigenvalue weighted by Crippen LogP contribution is 2.28. The fraction of sp³-hybridized carbons (Fsp3) is 1.00. The van der Waals surface area contributed by atoms with Crippen LogP contribution in [0.5, 0.6) is 0 Å². The zero-order chi connectivity index (χ0) is 24.4. The lowest BCUT2D eigenvalue weighted by Crippen LogP contribution is -2.63. The summed E-state index contributed by atoms with van der Waals surface area (Å²) in [6, 6.07) is 0. The van der Waals surface area contributed by atoms with Crippen molar-refractivity contribution in [2.24, 2.45) is 0 Å². The topological polar surface area (TPSA) is 248 Å². The quantitative estimate of drug-likeness (QED) is 0.160. The van der Waals surface area contributed by atoms with Gasteiger partial charge in [0.05, 0.1) is 26.4 Å². The van der Waals surface area contributed by atoms with Gasteiger partial charge >= 0.3 is 0 Å². The monoisotopic (exact) mass is 488 g/mol. The van der Waals surface area contributed by atoms with Crippen LogP contribution in [-0.4, -0.2) is 163 Å². The van der Waals surface area contributed by atoms with E-state index in [9.17, 15) is 51.1 Å². The molecule has 0 aromatic carbocycles. The van der Waals surface area contributed by atoms with Crippen molar-refractivity contribution in [3.63, 3.8) is 0 Å². The lowest BCUT2D eigenvalue weighted by Gasteiger charge is -2.44. The second-order valence-electron chi connectivity index (χ2n) is 8.26.